The zero-order chi connectivity index (χ0) is 8.81. The van der Waals surface area contributed by atoms with E-state index in [1.165, 1.54) is 5.56 Å². The van der Waals surface area contributed by atoms with Gasteiger partial charge in [0, 0.05) is 0 Å². The first kappa shape index (κ1) is 12.7. The molecule has 0 N–H and O–H groups in total. The van der Waals surface area contributed by atoms with Gasteiger partial charge >= 0.3 is 0 Å². The van der Waals surface area contributed by atoms with E-state index < -0.39 is 0 Å². The molecule has 0 bridgehead atoms. The molecule has 0 amide bonds. The highest BCUT2D eigenvalue weighted by Crippen LogP contribution is 2.01. The highest BCUT2D eigenvalue weighted by molar-refractivity contribution is 8.93. The topological polar surface area (TPSA) is 0 Å². The summed E-state index contributed by atoms with van der Waals surface area (Å²) >= 11 is 0. The fourth-order valence-corrected chi connectivity index (χ4v) is 1.26. The quantitative estimate of drug-likeness (QED) is 0.562. The Balaban J connectivity index is 0.00000144. The van der Waals surface area contributed by atoms with Crippen molar-refractivity contribution in [2.75, 3.05) is 12.5 Å². The van der Waals surface area contributed by atoms with Gasteiger partial charge in [0.2, 0.25) is 0 Å². The third-order valence-electron chi connectivity index (χ3n) is 1.44. The van der Waals surface area contributed by atoms with Crippen LogP contribution in [0.2, 0.25) is 0 Å². The minimum atomic E-state index is 0. The lowest BCUT2D eigenvalue weighted by molar-refractivity contribution is 1.66. The molecule has 0 nitrogen and oxygen atoms in total. The molecule has 0 aliphatic carbocycles. The van der Waals surface area contributed by atoms with Crippen molar-refractivity contribution in [3.05, 3.63) is 42.0 Å². The summed E-state index contributed by atoms with van der Waals surface area (Å²) in [4.78, 5) is 0. The van der Waals surface area contributed by atoms with E-state index >= 15 is 0 Å². The lowest BCUT2D eigenvalue weighted by Gasteiger charge is -1.89. The SMILES string of the molecule is Br.CS(C)=C/C=C/c1ccccc1. The van der Waals surface area contributed by atoms with E-state index in [1.807, 2.05) is 6.07 Å². The molecule has 0 aromatic heterocycles. The Labute approximate surface area is 93.4 Å². The minimum Gasteiger partial charge on any atom is -0.192 e. The van der Waals surface area contributed by atoms with Crippen molar-refractivity contribution in [3.8, 4) is 0 Å². The lowest BCUT2D eigenvalue weighted by atomic mass is 10.2. The minimum absolute atomic E-state index is 0. The van der Waals surface area contributed by atoms with Gasteiger partial charge in [-0.05, 0) is 23.4 Å². The van der Waals surface area contributed by atoms with Gasteiger partial charge in [-0.1, -0.05) is 42.5 Å². The summed E-state index contributed by atoms with van der Waals surface area (Å²) in [5, 5.41) is 2.22. The summed E-state index contributed by atoms with van der Waals surface area (Å²) in [6.07, 6.45) is 8.66. The zero-order valence-electron chi connectivity index (χ0n) is 7.94. The summed E-state index contributed by atoms with van der Waals surface area (Å²) in [7, 11) is 0.399. The molecule has 1 aromatic rings. The maximum absolute atomic E-state index is 2.22. The van der Waals surface area contributed by atoms with Crippen molar-refractivity contribution in [1.29, 1.82) is 0 Å². The molecule has 0 heterocycles. The molecule has 0 aliphatic rings. The van der Waals surface area contributed by atoms with Crippen LogP contribution in [0.25, 0.3) is 6.08 Å². The number of benzene rings is 1. The van der Waals surface area contributed by atoms with Crippen molar-refractivity contribution in [2.45, 2.75) is 0 Å². The summed E-state index contributed by atoms with van der Waals surface area (Å²) in [5.41, 5.74) is 1.26. The molecule has 72 valence electrons. The highest BCUT2D eigenvalue weighted by Gasteiger charge is 1.79. The maximum Gasteiger partial charge on any atom is -0.0236 e. The Morgan fingerprint density at radius 3 is 2.23 bits per heavy atom. The van der Waals surface area contributed by atoms with Crippen LogP contribution in [0.15, 0.2) is 36.4 Å². The van der Waals surface area contributed by atoms with Crippen LogP contribution in [0.3, 0.4) is 0 Å². The van der Waals surface area contributed by atoms with Gasteiger partial charge in [-0.3, -0.25) is 0 Å². The average Bonchev–Trinajstić information content (AvgIpc) is 2.05. The van der Waals surface area contributed by atoms with E-state index in [1.54, 1.807) is 0 Å². The maximum atomic E-state index is 2.22. The Hall–Kier alpha value is -0.340. The van der Waals surface area contributed by atoms with Crippen molar-refractivity contribution in [2.24, 2.45) is 0 Å². The number of hydrogen-bond acceptors (Lipinski definition) is 0. The Morgan fingerprint density at radius 2 is 1.69 bits per heavy atom. The van der Waals surface area contributed by atoms with Gasteiger partial charge in [0.1, 0.15) is 0 Å². The Bertz CT molecular complexity index is 284. The molecule has 0 saturated carbocycles. The molecule has 0 atom stereocenters. The molecule has 0 spiro atoms. The van der Waals surface area contributed by atoms with Crippen LogP contribution in [-0.4, -0.2) is 17.9 Å². The molecular weight excluding hydrogens is 244 g/mol. The Kier molecular flexibility index (Phi) is 6.92. The number of hydrogen-bond donors (Lipinski definition) is 0. The van der Waals surface area contributed by atoms with Crippen LogP contribution in [0.1, 0.15) is 5.56 Å². The molecule has 0 aliphatic heterocycles. The normalized spacial score (nSPS) is 10.1. The first-order chi connectivity index (χ1) is 5.79. The molecule has 2 heteroatoms. The second kappa shape index (κ2) is 7.10. The van der Waals surface area contributed by atoms with E-state index in [0.29, 0.717) is 10.5 Å². The lowest BCUT2D eigenvalue weighted by Crippen LogP contribution is -1.69. The van der Waals surface area contributed by atoms with Gasteiger partial charge in [-0.2, -0.15) is 10.5 Å². The van der Waals surface area contributed by atoms with Gasteiger partial charge in [0.25, 0.3) is 0 Å². The summed E-state index contributed by atoms with van der Waals surface area (Å²) in [6, 6.07) is 10.3. The van der Waals surface area contributed by atoms with Gasteiger partial charge in [0.15, 0.2) is 0 Å². The van der Waals surface area contributed by atoms with Crippen LogP contribution in [0.4, 0.5) is 0 Å². The number of rotatable bonds is 2. The number of allylic oxidation sites excluding steroid dienone is 1. The average molecular weight is 259 g/mol. The van der Waals surface area contributed by atoms with E-state index in [9.17, 15) is 0 Å². The van der Waals surface area contributed by atoms with Gasteiger partial charge < -0.3 is 0 Å². The predicted octanol–water partition coefficient (Wildman–Crippen LogP) is 3.61. The summed E-state index contributed by atoms with van der Waals surface area (Å²) in [5.74, 6) is 0. The second-order valence-electron chi connectivity index (χ2n) is 2.79. The van der Waals surface area contributed by atoms with E-state index in [0.717, 1.165) is 0 Å². The first-order valence-electron chi connectivity index (χ1n) is 3.92. The van der Waals surface area contributed by atoms with Crippen LogP contribution >= 0.6 is 27.5 Å². The fourth-order valence-electron chi connectivity index (χ4n) is 0.872. The third-order valence-corrected chi connectivity index (χ3v) is 2.14. The first-order valence-corrected chi connectivity index (χ1v) is 6.02. The molecule has 0 fully saturated rings. The van der Waals surface area contributed by atoms with E-state index in [-0.39, 0.29) is 17.0 Å². The van der Waals surface area contributed by atoms with Crippen molar-refractivity contribution in [3.63, 3.8) is 0 Å². The zero-order valence-corrected chi connectivity index (χ0v) is 10.5. The van der Waals surface area contributed by atoms with Crippen LogP contribution in [0.5, 0.6) is 0 Å². The molecule has 1 aromatic carbocycles. The summed E-state index contributed by atoms with van der Waals surface area (Å²) in [6.45, 7) is 0. The predicted molar refractivity (Wildman–Crippen MR) is 71.3 cm³/mol. The standard InChI is InChI=1S/C11H14S.BrH/c1-12(2)10-6-9-11-7-4-3-5-8-11;/h3-10H,1-2H3;1H/b9-6+;. The molecule has 0 radical (unpaired) electrons. The molecule has 0 unspecified atom stereocenters. The monoisotopic (exact) mass is 258 g/mol. The van der Waals surface area contributed by atoms with Crippen molar-refractivity contribution >= 4 is 38.9 Å². The molecular formula is C11H15BrS. The molecule has 1 rings (SSSR count). The van der Waals surface area contributed by atoms with Gasteiger partial charge in [-0.15, -0.1) is 17.0 Å². The van der Waals surface area contributed by atoms with Crippen molar-refractivity contribution in [1.82, 2.24) is 0 Å². The van der Waals surface area contributed by atoms with Crippen LogP contribution in [-0.2, 0) is 0 Å². The van der Waals surface area contributed by atoms with Gasteiger partial charge in [-0.25, -0.2) is 0 Å². The van der Waals surface area contributed by atoms with E-state index in [4.69, 9.17) is 0 Å². The molecule has 0 saturated heterocycles. The third kappa shape index (κ3) is 5.83. The van der Waals surface area contributed by atoms with Crippen LogP contribution < -0.4 is 0 Å². The van der Waals surface area contributed by atoms with E-state index in [2.05, 4.69) is 54.3 Å². The Morgan fingerprint density at radius 1 is 1.08 bits per heavy atom. The summed E-state index contributed by atoms with van der Waals surface area (Å²) < 4.78 is 0. The highest BCUT2D eigenvalue weighted by atomic mass is 79.9. The molecule has 13 heavy (non-hydrogen) atoms. The van der Waals surface area contributed by atoms with Gasteiger partial charge in [0.05, 0.1) is 0 Å². The second-order valence-corrected chi connectivity index (χ2v) is 4.82. The van der Waals surface area contributed by atoms with Crippen molar-refractivity contribution < 1.29 is 0 Å². The largest absolute Gasteiger partial charge is 0.192 e. The fraction of sp³-hybridized carbons (Fsp3) is 0.182. The number of halogens is 1. The van der Waals surface area contributed by atoms with Crippen LogP contribution in [0, 0.1) is 0 Å². The smallest absolute Gasteiger partial charge is 0.0236 e.